The van der Waals surface area contributed by atoms with Crippen molar-refractivity contribution in [3.05, 3.63) is 53.5 Å². The van der Waals surface area contributed by atoms with Crippen LogP contribution in [0.4, 0.5) is 17.6 Å². The van der Waals surface area contributed by atoms with Gasteiger partial charge in [0, 0.05) is 11.8 Å². The minimum absolute atomic E-state index is 0.112. The van der Waals surface area contributed by atoms with Gasteiger partial charge in [0.2, 0.25) is 0 Å². The fourth-order valence-electron chi connectivity index (χ4n) is 1.55. The SMILES string of the molecule is OCc1ccnc(Oc2ccccc2C(F)(F)F)c1F. The fourth-order valence-corrected chi connectivity index (χ4v) is 1.55. The second-order valence-electron chi connectivity index (χ2n) is 3.84. The van der Waals surface area contributed by atoms with Gasteiger partial charge in [-0.1, -0.05) is 12.1 Å². The molecule has 1 aromatic heterocycles. The Hall–Kier alpha value is -2.15. The van der Waals surface area contributed by atoms with Gasteiger partial charge in [-0.2, -0.15) is 13.2 Å². The number of hydrogen-bond donors (Lipinski definition) is 1. The van der Waals surface area contributed by atoms with Gasteiger partial charge in [-0.3, -0.25) is 0 Å². The maximum absolute atomic E-state index is 13.8. The molecule has 0 amide bonds. The summed E-state index contributed by atoms with van der Waals surface area (Å²) in [4.78, 5) is 3.53. The molecule has 0 atom stereocenters. The molecule has 1 aromatic carbocycles. The summed E-state index contributed by atoms with van der Waals surface area (Å²) in [6.07, 6.45) is -3.48. The molecule has 0 spiro atoms. The van der Waals surface area contributed by atoms with Crippen molar-refractivity contribution in [1.29, 1.82) is 0 Å². The van der Waals surface area contributed by atoms with Gasteiger partial charge < -0.3 is 9.84 Å². The van der Waals surface area contributed by atoms with E-state index in [0.29, 0.717) is 0 Å². The number of hydrogen-bond acceptors (Lipinski definition) is 3. The maximum atomic E-state index is 13.8. The van der Waals surface area contributed by atoms with Crippen LogP contribution in [0.1, 0.15) is 11.1 Å². The standard InChI is InChI=1S/C13H9F4NO2/c14-11-8(7-19)5-6-18-12(11)20-10-4-2-1-3-9(10)13(15,16)17/h1-6,19H,7H2. The van der Waals surface area contributed by atoms with E-state index in [0.717, 1.165) is 18.3 Å². The molecule has 20 heavy (non-hydrogen) atoms. The summed E-state index contributed by atoms with van der Waals surface area (Å²) in [5.41, 5.74) is -1.14. The van der Waals surface area contributed by atoms with Gasteiger partial charge in [0.1, 0.15) is 5.75 Å². The zero-order valence-corrected chi connectivity index (χ0v) is 9.99. The van der Waals surface area contributed by atoms with Crippen LogP contribution < -0.4 is 4.74 Å². The molecule has 2 aromatic rings. The van der Waals surface area contributed by atoms with Crippen LogP contribution in [0.2, 0.25) is 0 Å². The van der Waals surface area contributed by atoms with Crippen molar-refractivity contribution in [2.45, 2.75) is 12.8 Å². The highest BCUT2D eigenvalue weighted by molar-refractivity contribution is 5.38. The van der Waals surface area contributed by atoms with Gasteiger partial charge >= 0.3 is 6.18 Å². The number of alkyl halides is 3. The van der Waals surface area contributed by atoms with Gasteiger partial charge in [-0.25, -0.2) is 9.37 Å². The molecule has 0 fully saturated rings. The van der Waals surface area contributed by atoms with Crippen molar-refractivity contribution < 1.29 is 27.4 Å². The van der Waals surface area contributed by atoms with Crippen LogP contribution >= 0.6 is 0 Å². The predicted octanol–water partition coefficient (Wildman–Crippen LogP) is 3.52. The van der Waals surface area contributed by atoms with Crippen LogP contribution in [0, 0.1) is 5.82 Å². The Kier molecular flexibility index (Phi) is 3.89. The monoisotopic (exact) mass is 287 g/mol. The molecule has 0 aliphatic heterocycles. The van der Waals surface area contributed by atoms with E-state index in [1.54, 1.807) is 0 Å². The third kappa shape index (κ3) is 2.88. The molecule has 1 N–H and O–H groups in total. The molecule has 0 unspecified atom stereocenters. The first-order valence-electron chi connectivity index (χ1n) is 5.52. The molecule has 0 bridgehead atoms. The van der Waals surface area contributed by atoms with Gasteiger partial charge in [0.15, 0.2) is 5.82 Å². The Morgan fingerprint density at radius 1 is 1.15 bits per heavy atom. The first-order chi connectivity index (χ1) is 9.43. The van der Waals surface area contributed by atoms with Gasteiger partial charge in [-0.15, -0.1) is 0 Å². The quantitative estimate of drug-likeness (QED) is 0.878. The average molecular weight is 287 g/mol. The lowest BCUT2D eigenvalue weighted by Gasteiger charge is -2.13. The zero-order chi connectivity index (χ0) is 14.8. The number of rotatable bonds is 3. The summed E-state index contributed by atoms with van der Waals surface area (Å²) in [6.45, 7) is -0.606. The lowest BCUT2D eigenvalue weighted by molar-refractivity contribution is -0.138. The van der Waals surface area contributed by atoms with E-state index >= 15 is 0 Å². The minimum atomic E-state index is -4.62. The van der Waals surface area contributed by atoms with Crippen LogP contribution in [0.15, 0.2) is 36.5 Å². The Morgan fingerprint density at radius 2 is 1.85 bits per heavy atom. The number of halogens is 4. The normalized spacial score (nSPS) is 11.4. The summed E-state index contributed by atoms with van der Waals surface area (Å²) in [5.74, 6) is -2.17. The first-order valence-corrected chi connectivity index (χ1v) is 5.52. The van der Waals surface area contributed by atoms with E-state index in [1.165, 1.54) is 18.2 Å². The number of nitrogens with zero attached hydrogens (tertiary/aromatic N) is 1. The highest BCUT2D eigenvalue weighted by Crippen LogP contribution is 2.38. The van der Waals surface area contributed by atoms with Crippen molar-refractivity contribution in [2.75, 3.05) is 0 Å². The number of aromatic nitrogens is 1. The Morgan fingerprint density at radius 3 is 2.50 bits per heavy atom. The Bertz CT molecular complexity index is 614. The van der Waals surface area contributed by atoms with Crippen molar-refractivity contribution >= 4 is 0 Å². The summed E-state index contributed by atoms with van der Waals surface area (Å²) in [6, 6.07) is 5.62. The second kappa shape index (κ2) is 5.46. The van der Waals surface area contributed by atoms with Crippen LogP contribution in [0.25, 0.3) is 0 Å². The van der Waals surface area contributed by atoms with E-state index in [4.69, 9.17) is 9.84 Å². The predicted molar refractivity (Wildman–Crippen MR) is 61.6 cm³/mol. The van der Waals surface area contributed by atoms with Crippen LogP contribution in [-0.4, -0.2) is 10.1 Å². The van der Waals surface area contributed by atoms with Gasteiger partial charge in [0.05, 0.1) is 12.2 Å². The Labute approximate surface area is 111 Å². The molecular formula is C13H9F4NO2. The zero-order valence-electron chi connectivity index (χ0n) is 9.99. The summed E-state index contributed by atoms with van der Waals surface area (Å²) in [7, 11) is 0. The largest absolute Gasteiger partial charge is 0.436 e. The third-order valence-electron chi connectivity index (χ3n) is 2.51. The summed E-state index contributed by atoms with van der Waals surface area (Å²) >= 11 is 0. The third-order valence-corrected chi connectivity index (χ3v) is 2.51. The number of aliphatic hydroxyl groups is 1. The minimum Gasteiger partial charge on any atom is -0.436 e. The van der Waals surface area contributed by atoms with Gasteiger partial charge in [-0.05, 0) is 18.2 Å². The molecule has 106 valence electrons. The molecule has 0 radical (unpaired) electrons. The molecule has 1 heterocycles. The first kappa shape index (κ1) is 14.3. The lowest BCUT2D eigenvalue weighted by Crippen LogP contribution is -2.07. The van der Waals surface area contributed by atoms with Crippen molar-refractivity contribution in [1.82, 2.24) is 4.98 Å². The second-order valence-corrected chi connectivity index (χ2v) is 3.84. The fraction of sp³-hybridized carbons (Fsp3) is 0.154. The smallest absolute Gasteiger partial charge is 0.419 e. The number of ether oxygens (including phenoxy) is 1. The molecule has 3 nitrogen and oxygen atoms in total. The van der Waals surface area contributed by atoms with Crippen molar-refractivity contribution in [3.63, 3.8) is 0 Å². The van der Waals surface area contributed by atoms with Crippen molar-refractivity contribution in [2.24, 2.45) is 0 Å². The molecular weight excluding hydrogens is 278 g/mol. The molecule has 0 aliphatic carbocycles. The number of aliphatic hydroxyl groups excluding tert-OH is 1. The van der Waals surface area contributed by atoms with E-state index < -0.39 is 35.8 Å². The lowest BCUT2D eigenvalue weighted by atomic mass is 10.2. The van der Waals surface area contributed by atoms with Crippen LogP contribution in [-0.2, 0) is 12.8 Å². The van der Waals surface area contributed by atoms with E-state index in [1.807, 2.05) is 0 Å². The molecule has 0 aliphatic rings. The highest BCUT2D eigenvalue weighted by atomic mass is 19.4. The molecule has 7 heteroatoms. The van der Waals surface area contributed by atoms with E-state index in [2.05, 4.69) is 4.98 Å². The van der Waals surface area contributed by atoms with E-state index in [9.17, 15) is 17.6 Å². The summed E-state index contributed by atoms with van der Waals surface area (Å²) in [5, 5.41) is 8.89. The topological polar surface area (TPSA) is 42.4 Å². The van der Waals surface area contributed by atoms with Crippen LogP contribution in [0.5, 0.6) is 11.6 Å². The van der Waals surface area contributed by atoms with Crippen molar-refractivity contribution in [3.8, 4) is 11.6 Å². The highest BCUT2D eigenvalue weighted by Gasteiger charge is 2.34. The number of para-hydroxylation sites is 1. The van der Waals surface area contributed by atoms with E-state index in [-0.39, 0.29) is 5.56 Å². The maximum Gasteiger partial charge on any atom is 0.419 e. The Balaban J connectivity index is 2.41. The molecule has 2 rings (SSSR count). The summed E-state index contributed by atoms with van der Waals surface area (Å²) < 4.78 is 56.9. The number of pyridine rings is 1. The van der Waals surface area contributed by atoms with Crippen LogP contribution in [0.3, 0.4) is 0 Å². The molecule has 0 saturated carbocycles. The molecule has 0 saturated heterocycles. The number of benzene rings is 1. The van der Waals surface area contributed by atoms with Gasteiger partial charge in [0.25, 0.3) is 5.88 Å². The average Bonchev–Trinajstić information content (AvgIpc) is 2.40.